The summed E-state index contributed by atoms with van der Waals surface area (Å²) in [5.41, 5.74) is 1.11. The predicted octanol–water partition coefficient (Wildman–Crippen LogP) is 3.19. The van der Waals surface area contributed by atoms with Gasteiger partial charge in [-0.25, -0.2) is 13.2 Å². The Morgan fingerprint density at radius 3 is 2.43 bits per heavy atom. The molecule has 152 valence electrons. The second-order valence-corrected chi connectivity index (χ2v) is 9.81. The molecule has 0 N–H and O–H groups in total. The Bertz CT molecular complexity index is 911. The average molecular weight is 407 g/mol. The fourth-order valence-electron chi connectivity index (χ4n) is 3.61. The van der Waals surface area contributed by atoms with Crippen LogP contribution in [-0.4, -0.2) is 44.2 Å². The highest BCUT2D eigenvalue weighted by molar-refractivity contribution is 7.92. The van der Waals surface area contributed by atoms with Crippen molar-refractivity contribution in [1.29, 1.82) is 0 Å². The number of hydrogen-bond donors (Lipinski definition) is 0. The summed E-state index contributed by atoms with van der Waals surface area (Å²) in [6.07, 6.45) is -0.846. The molecule has 1 heterocycles. The lowest BCUT2D eigenvalue weighted by atomic mass is 10.1. The molecule has 1 aromatic carbocycles. The first-order valence-corrected chi connectivity index (χ1v) is 10.8. The number of sulfone groups is 1. The summed E-state index contributed by atoms with van der Waals surface area (Å²) in [5, 5.41) is -1.05. The molecule has 0 saturated carbocycles. The molecule has 0 spiro atoms. The number of ether oxygens (including phenoxy) is 3. The van der Waals surface area contributed by atoms with Gasteiger partial charge >= 0.3 is 5.97 Å². The fraction of sp³-hybridized carbons (Fsp3) is 0.476. The van der Waals surface area contributed by atoms with Crippen LogP contribution in [0, 0.1) is 0 Å². The highest BCUT2D eigenvalue weighted by atomic mass is 32.2. The predicted molar refractivity (Wildman–Crippen MR) is 104 cm³/mol. The Morgan fingerprint density at radius 2 is 1.89 bits per heavy atom. The van der Waals surface area contributed by atoms with E-state index in [2.05, 4.69) is 6.58 Å². The van der Waals surface area contributed by atoms with Crippen molar-refractivity contribution >= 4 is 15.8 Å². The zero-order valence-corrected chi connectivity index (χ0v) is 17.4. The van der Waals surface area contributed by atoms with Gasteiger partial charge in [-0.05, 0) is 45.4 Å². The first kappa shape index (κ1) is 20.8. The van der Waals surface area contributed by atoms with Gasteiger partial charge in [-0.3, -0.25) is 0 Å². The van der Waals surface area contributed by atoms with Crippen molar-refractivity contribution < 1.29 is 27.4 Å². The van der Waals surface area contributed by atoms with Crippen LogP contribution in [0.1, 0.15) is 34.1 Å². The van der Waals surface area contributed by atoms with E-state index in [1.54, 1.807) is 58.0 Å². The van der Waals surface area contributed by atoms with E-state index in [-0.39, 0.29) is 24.0 Å². The first-order chi connectivity index (χ1) is 13.0. The SMILES string of the molecule is C=C1CC(C(=O)OC(C)C)=C([C@H]2COC(C)(C)O2)C1S(=O)(=O)c1ccccc1. The van der Waals surface area contributed by atoms with Gasteiger partial charge in [0.15, 0.2) is 15.6 Å². The van der Waals surface area contributed by atoms with E-state index in [1.165, 1.54) is 0 Å². The second kappa shape index (κ2) is 7.46. The van der Waals surface area contributed by atoms with Crippen molar-refractivity contribution in [2.75, 3.05) is 6.61 Å². The maximum Gasteiger partial charge on any atom is 0.334 e. The van der Waals surface area contributed by atoms with Gasteiger partial charge in [0.2, 0.25) is 0 Å². The Hall–Kier alpha value is -1.96. The minimum absolute atomic E-state index is 0.137. The summed E-state index contributed by atoms with van der Waals surface area (Å²) in [7, 11) is -3.81. The molecule has 3 rings (SSSR count). The van der Waals surface area contributed by atoms with Gasteiger partial charge < -0.3 is 14.2 Å². The summed E-state index contributed by atoms with van der Waals surface area (Å²) in [4.78, 5) is 12.9. The maximum absolute atomic E-state index is 13.4. The average Bonchev–Trinajstić information content (AvgIpc) is 3.14. The number of rotatable bonds is 5. The molecule has 0 radical (unpaired) electrons. The van der Waals surface area contributed by atoms with Crippen LogP contribution in [0.3, 0.4) is 0 Å². The van der Waals surface area contributed by atoms with Crippen molar-refractivity contribution in [3.05, 3.63) is 53.6 Å². The third-order valence-electron chi connectivity index (χ3n) is 4.73. The molecule has 1 aliphatic heterocycles. The Labute approximate surface area is 166 Å². The van der Waals surface area contributed by atoms with Gasteiger partial charge in [0.25, 0.3) is 0 Å². The summed E-state index contributed by atoms with van der Waals surface area (Å²) in [5.74, 6) is -1.40. The van der Waals surface area contributed by atoms with Crippen molar-refractivity contribution in [3.63, 3.8) is 0 Å². The zero-order chi connectivity index (χ0) is 20.7. The van der Waals surface area contributed by atoms with Gasteiger partial charge in [-0.1, -0.05) is 30.4 Å². The maximum atomic E-state index is 13.4. The van der Waals surface area contributed by atoms with Gasteiger partial charge in [0.05, 0.1) is 17.6 Å². The highest BCUT2D eigenvalue weighted by Gasteiger charge is 2.48. The van der Waals surface area contributed by atoms with Gasteiger partial charge in [0.1, 0.15) is 11.4 Å². The molecule has 2 atom stereocenters. The molecule has 0 bridgehead atoms. The van der Waals surface area contributed by atoms with Crippen LogP contribution in [0.2, 0.25) is 0 Å². The quantitative estimate of drug-likeness (QED) is 0.552. The second-order valence-electron chi connectivity index (χ2n) is 7.78. The molecule has 0 aromatic heterocycles. The van der Waals surface area contributed by atoms with Crippen LogP contribution in [0.25, 0.3) is 0 Å². The molecular formula is C21H26O6S. The highest BCUT2D eigenvalue weighted by Crippen LogP contribution is 2.43. The van der Waals surface area contributed by atoms with E-state index >= 15 is 0 Å². The monoisotopic (exact) mass is 406 g/mol. The van der Waals surface area contributed by atoms with Gasteiger partial charge in [-0.2, -0.15) is 0 Å². The molecule has 1 aliphatic carbocycles. The largest absolute Gasteiger partial charge is 0.460 e. The lowest BCUT2D eigenvalue weighted by Crippen LogP contribution is -2.32. The van der Waals surface area contributed by atoms with Crippen molar-refractivity contribution in [3.8, 4) is 0 Å². The summed E-state index contributed by atoms with van der Waals surface area (Å²) < 4.78 is 43.8. The van der Waals surface area contributed by atoms with Crippen LogP contribution in [0.15, 0.2) is 58.5 Å². The van der Waals surface area contributed by atoms with Gasteiger partial charge in [-0.15, -0.1) is 0 Å². The topological polar surface area (TPSA) is 78.9 Å². The van der Waals surface area contributed by atoms with Crippen LogP contribution < -0.4 is 0 Å². The Kier molecular flexibility index (Phi) is 5.53. The molecule has 28 heavy (non-hydrogen) atoms. The van der Waals surface area contributed by atoms with E-state index < -0.39 is 32.9 Å². The Balaban J connectivity index is 2.11. The van der Waals surface area contributed by atoms with Crippen molar-refractivity contribution in [2.45, 2.75) is 62.3 Å². The molecule has 7 heteroatoms. The standard InChI is InChI=1S/C21H26O6S/c1-13(2)26-20(22)16-11-14(3)19(18(16)17-12-25-21(4,5)27-17)28(23,24)15-9-7-6-8-10-15/h6-10,13,17,19H,3,11-12H2,1-2,4-5H3/t17-,19?/m1/s1. The third kappa shape index (κ3) is 3.92. The number of hydrogen-bond acceptors (Lipinski definition) is 6. The van der Waals surface area contributed by atoms with E-state index in [4.69, 9.17) is 14.2 Å². The van der Waals surface area contributed by atoms with E-state index in [9.17, 15) is 13.2 Å². The fourth-order valence-corrected chi connectivity index (χ4v) is 5.57. The normalized spacial score (nSPS) is 24.8. The lowest BCUT2D eigenvalue weighted by molar-refractivity contribution is -0.143. The van der Waals surface area contributed by atoms with E-state index in [0.29, 0.717) is 16.7 Å². The number of carbonyl (C=O) groups is 1. The minimum Gasteiger partial charge on any atom is -0.460 e. The molecule has 1 unspecified atom stereocenters. The van der Waals surface area contributed by atoms with Crippen LogP contribution in [-0.2, 0) is 28.8 Å². The van der Waals surface area contributed by atoms with Crippen molar-refractivity contribution in [1.82, 2.24) is 0 Å². The first-order valence-electron chi connectivity index (χ1n) is 9.25. The summed E-state index contributed by atoms with van der Waals surface area (Å²) in [6.45, 7) is 11.1. The number of benzene rings is 1. The smallest absolute Gasteiger partial charge is 0.334 e. The van der Waals surface area contributed by atoms with Crippen LogP contribution >= 0.6 is 0 Å². The summed E-state index contributed by atoms with van der Waals surface area (Å²) in [6, 6.07) is 8.17. The summed E-state index contributed by atoms with van der Waals surface area (Å²) >= 11 is 0. The number of esters is 1. The van der Waals surface area contributed by atoms with E-state index in [1.807, 2.05) is 0 Å². The molecule has 6 nitrogen and oxygen atoms in total. The van der Waals surface area contributed by atoms with Crippen LogP contribution in [0.5, 0.6) is 0 Å². The van der Waals surface area contributed by atoms with Crippen LogP contribution in [0.4, 0.5) is 0 Å². The van der Waals surface area contributed by atoms with Crippen molar-refractivity contribution in [2.24, 2.45) is 0 Å². The Morgan fingerprint density at radius 1 is 1.25 bits per heavy atom. The zero-order valence-electron chi connectivity index (χ0n) is 16.6. The third-order valence-corrected chi connectivity index (χ3v) is 6.87. The minimum atomic E-state index is -3.81. The van der Waals surface area contributed by atoms with Gasteiger partial charge in [0, 0.05) is 12.0 Å². The molecule has 1 fully saturated rings. The molecule has 1 aromatic rings. The number of carbonyl (C=O) groups excluding carboxylic acids is 1. The molecular weight excluding hydrogens is 380 g/mol. The lowest BCUT2D eigenvalue weighted by Gasteiger charge is -2.23. The molecule has 1 saturated heterocycles. The van der Waals surface area contributed by atoms with E-state index in [0.717, 1.165) is 0 Å². The molecule has 0 amide bonds. The molecule has 2 aliphatic rings.